The SMILES string of the molecule is CS(=O)(=O)NC(=O)CCCOc1ccc(Cl)cc1. The molecular weight excluding hydrogens is 278 g/mol. The van der Waals surface area contributed by atoms with Crippen LogP contribution in [0.4, 0.5) is 0 Å². The van der Waals surface area contributed by atoms with Crippen molar-refractivity contribution in [2.24, 2.45) is 0 Å². The first-order chi connectivity index (χ1) is 8.37. The zero-order chi connectivity index (χ0) is 13.6. The van der Waals surface area contributed by atoms with Gasteiger partial charge in [0.05, 0.1) is 12.9 Å². The van der Waals surface area contributed by atoms with Crippen molar-refractivity contribution in [2.45, 2.75) is 12.8 Å². The molecule has 18 heavy (non-hydrogen) atoms. The molecule has 0 radical (unpaired) electrons. The van der Waals surface area contributed by atoms with Crippen molar-refractivity contribution in [1.29, 1.82) is 0 Å². The largest absolute Gasteiger partial charge is 0.494 e. The van der Waals surface area contributed by atoms with E-state index in [2.05, 4.69) is 0 Å². The molecule has 0 aliphatic carbocycles. The fourth-order valence-electron chi connectivity index (χ4n) is 1.21. The van der Waals surface area contributed by atoms with E-state index in [9.17, 15) is 13.2 Å². The maximum atomic E-state index is 11.2. The molecule has 0 unspecified atom stereocenters. The van der Waals surface area contributed by atoms with Gasteiger partial charge in [-0.25, -0.2) is 8.42 Å². The molecule has 0 aromatic heterocycles. The highest BCUT2D eigenvalue weighted by molar-refractivity contribution is 7.89. The highest BCUT2D eigenvalue weighted by atomic mass is 35.5. The van der Waals surface area contributed by atoms with Crippen molar-refractivity contribution in [2.75, 3.05) is 12.9 Å². The van der Waals surface area contributed by atoms with Gasteiger partial charge in [0.2, 0.25) is 15.9 Å². The van der Waals surface area contributed by atoms with Crippen LogP contribution >= 0.6 is 11.6 Å². The molecular formula is C11H14ClNO4S. The second kappa shape index (κ2) is 6.61. The van der Waals surface area contributed by atoms with Crippen LogP contribution in [0.1, 0.15) is 12.8 Å². The lowest BCUT2D eigenvalue weighted by Crippen LogP contribution is -2.29. The second-order valence-electron chi connectivity index (χ2n) is 3.70. The zero-order valence-corrected chi connectivity index (χ0v) is 11.4. The van der Waals surface area contributed by atoms with Crippen molar-refractivity contribution in [3.8, 4) is 5.75 Å². The number of benzene rings is 1. The van der Waals surface area contributed by atoms with Gasteiger partial charge in [-0.2, -0.15) is 0 Å². The van der Waals surface area contributed by atoms with E-state index in [1.165, 1.54) is 0 Å². The molecule has 0 saturated carbocycles. The van der Waals surface area contributed by atoms with E-state index in [0.29, 0.717) is 23.8 Å². The van der Waals surface area contributed by atoms with E-state index in [1.54, 1.807) is 24.3 Å². The minimum absolute atomic E-state index is 0.0979. The number of ether oxygens (including phenoxy) is 1. The first-order valence-corrected chi connectivity index (χ1v) is 7.53. The van der Waals surface area contributed by atoms with Gasteiger partial charge < -0.3 is 4.74 Å². The van der Waals surface area contributed by atoms with Gasteiger partial charge in [-0.1, -0.05) is 11.6 Å². The molecule has 0 atom stereocenters. The van der Waals surface area contributed by atoms with E-state index < -0.39 is 15.9 Å². The average molecular weight is 292 g/mol. The molecule has 1 aromatic rings. The molecule has 1 amide bonds. The van der Waals surface area contributed by atoms with Gasteiger partial charge in [-0.15, -0.1) is 0 Å². The molecule has 0 saturated heterocycles. The molecule has 1 rings (SSSR count). The summed E-state index contributed by atoms with van der Waals surface area (Å²) in [7, 11) is -3.47. The monoisotopic (exact) mass is 291 g/mol. The Hall–Kier alpha value is -1.27. The predicted molar refractivity (Wildman–Crippen MR) is 69.2 cm³/mol. The number of hydrogen-bond donors (Lipinski definition) is 1. The maximum Gasteiger partial charge on any atom is 0.233 e. The summed E-state index contributed by atoms with van der Waals surface area (Å²) >= 11 is 5.71. The molecule has 0 aliphatic rings. The van der Waals surface area contributed by atoms with E-state index in [4.69, 9.17) is 16.3 Å². The fraction of sp³-hybridized carbons (Fsp3) is 0.364. The number of amides is 1. The Morgan fingerprint density at radius 3 is 2.50 bits per heavy atom. The van der Waals surface area contributed by atoms with Crippen LogP contribution in [0.25, 0.3) is 0 Å². The normalized spacial score (nSPS) is 11.0. The van der Waals surface area contributed by atoms with E-state index in [0.717, 1.165) is 6.26 Å². The highest BCUT2D eigenvalue weighted by Crippen LogP contribution is 2.15. The molecule has 5 nitrogen and oxygen atoms in total. The molecule has 0 bridgehead atoms. The van der Waals surface area contributed by atoms with Crippen molar-refractivity contribution >= 4 is 27.5 Å². The summed E-state index contributed by atoms with van der Waals surface area (Å²) in [6.45, 7) is 0.332. The number of rotatable bonds is 6. The van der Waals surface area contributed by atoms with Crippen molar-refractivity contribution in [3.05, 3.63) is 29.3 Å². The Kier molecular flexibility index (Phi) is 5.43. The summed E-state index contributed by atoms with van der Waals surface area (Å²) in [5.74, 6) is 0.125. The van der Waals surface area contributed by atoms with Crippen LogP contribution < -0.4 is 9.46 Å². The van der Waals surface area contributed by atoms with Gasteiger partial charge in [0.25, 0.3) is 0 Å². The number of nitrogens with one attached hydrogen (secondary N) is 1. The average Bonchev–Trinajstić information content (AvgIpc) is 2.24. The third kappa shape index (κ3) is 6.46. The first-order valence-electron chi connectivity index (χ1n) is 5.26. The Balaban J connectivity index is 2.23. The molecule has 0 spiro atoms. The third-order valence-corrected chi connectivity index (χ3v) is 2.78. The number of carbonyl (C=O) groups is 1. The van der Waals surface area contributed by atoms with Crippen LogP contribution in [0.5, 0.6) is 5.75 Å². The number of halogens is 1. The summed E-state index contributed by atoms with van der Waals surface area (Å²) in [5, 5.41) is 0.620. The maximum absolute atomic E-state index is 11.2. The van der Waals surface area contributed by atoms with Crippen LogP contribution in [-0.4, -0.2) is 27.2 Å². The van der Waals surface area contributed by atoms with Gasteiger partial charge in [0.15, 0.2) is 0 Å². The van der Waals surface area contributed by atoms with Crippen LogP contribution in [0.3, 0.4) is 0 Å². The number of sulfonamides is 1. The van der Waals surface area contributed by atoms with Crippen LogP contribution in [0.15, 0.2) is 24.3 Å². The lowest BCUT2D eigenvalue weighted by Gasteiger charge is -2.06. The zero-order valence-electron chi connectivity index (χ0n) is 9.85. The Morgan fingerprint density at radius 2 is 1.94 bits per heavy atom. The standard InChI is InChI=1S/C11H14ClNO4S/c1-18(15,16)13-11(14)3-2-8-17-10-6-4-9(12)5-7-10/h4-7H,2-3,8H2,1H3,(H,13,14). The van der Waals surface area contributed by atoms with Crippen molar-refractivity contribution in [3.63, 3.8) is 0 Å². The van der Waals surface area contributed by atoms with Crippen molar-refractivity contribution in [1.82, 2.24) is 4.72 Å². The molecule has 1 N–H and O–H groups in total. The summed E-state index contributed by atoms with van der Waals surface area (Å²) in [5.41, 5.74) is 0. The number of carbonyl (C=O) groups excluding carboxylic acids is 1. The number of hydrogen-bond acceptors (Lipinski definition) is 4. The van der Waals surface area contributed by atoms with Crippen LogP contribution in [0, 0.1) is 0 Å². The Labute approximate surface area is 111 Å². The first kappa shape index (κ1) is 14.8. The minimum Gasteiger partial charge on any atom is -0.494 e. The van der Waals surface area contributed by atoms with Crippen LogP contribution in [-0.2, 0) is 14.8 Å². The molecule has 1 aromatic carbocycles. The predicted octanol–water partition coefficient (Wildman–Crippen LogP) is 1.57. The van der Waals surface area contributed by atoms with Gasteiger partial charge >= 0.3 is 0 Å². The molecule has 0 aliphatic heterocycles. The summed E-state index contributed by atoms with van der Waals surface area (Å²) in [4.78, 5) is 11.2. The van der Waals surface area contributed by atoms with E-state index >= 15 is 0 Å². The topological polar surface area (TPSA) is 72.5 Å². The van der Waals surface area contributed by atoms with E-state index in [-0.39, 0.29) is 6.42 Å². The fourth-order valence-corrected chi connectivity index (χ4v) is 1.85. The summed E-state index contributed by atoms with van der Waals surface area (Å²) < 4.78 is 28.7. The summed E-state index contributed by atoms with van der Waals surface area (Å²) in [6.07, 6.45) is 1.47. The van der Waals surface area contributed by atoms with Crippen LogP contribution in [0.2, 0.25) is 5.02 Å². The Bertz CT molecular complexity index is 498. The van der Waals surface area contributed by atoms with Gasteiger partial charge in [0.1, 0.15) is 5.75 Å². The summed E-state index contributed by atoms with van der Waals surface area (Å²) in [6, 6.07) is 6.85. The highest BCUT2D eigenvalue weighted by Gasteiger charge is 2.07. The smallest absolute Gasteiger partial charge is 0.233 e. The van der Waals surface area contributed by atoms with Gasteiger partial charge in [-0.3, -0.25) is 9.52 Å². The lowest BCUT2D eigenvalue weighted by atomic mass is 10.3. The van der Waals surface area contributed by atoms with Gasteiger partial charge in [-0.05, 0) is 30.7 Å². The molecule has 0 fully saturated rings. The molecule has 100 valence electrons. The lowest BCUT2D eigenvalue weighted by molar-refractivity contribution is -0.119. The molecule has 0 heterocycles. The Morgan fingerprint density at radius 1 is 1.33 bits per heavy atom. The van der Waals surface area contributed by atoms with Gasteiger partial charge in [0, 0.05) is 11.4 Å². The van der Waals surface area contributed by atoms with Crippen molar-refractivity contribution < 1.29 is 17.9 Å². The quantitative estimate of drug-likeness (QED) is 0.808. The minimum atomic E-state index is -3.47. The third-order valence-electron chi connectivity index (χ3n) is 1.93. The molecule has 7 heteroatoms. The second-order valence-corrected chi connectivity index (χ2v) is 5.89. The van der Waals surface area contributed by atoms with E-state index in [1.807, 2.05) is 4.72 Å².